The molecular weight excluding hydrogens is 228 g/mol. The molecule has 0 atom stereocenters. The van der Waals surface area contributed by atoms with Crippen molar-refractivity contribution >= 4 is 22.9 Å². The zero-order chi connectivity index (χ0) is 10.5. The molecule has 1 N–H and O–H groups in total. The first kappa shape index (κ1) is 10.7. The molecule has 2 aromatic rings. The maximum Gasteiger partial charge on any atom is 0.0940 e. The minimum atomic E-state index is 0.793. The van der Waals surface area contributed by atoms with Gasteiger partial charge >= 0.3 is 0 Å². The quantitative estimate of drug-likeness (QED) is 0.807. The Labute approximate surface area is 96.5 Å². The third-order valence-corrected chi connectivity index (χ3v) is 3.42. The molecule has 0 aliphatic rings. The van der Waals surface area contributed by atoms with Gasteiger partial charge in [0.05, 0.1) is 10.7 Å². The SMILES string of the molecule is Cc1cnc(CCNCc2csnn2)s1. The van der Waals surface area contributed by atoms with Crippen LogP contribution in [0.25, 0.3) is 0 Å². The number of aryl methyl sites for hydroxylation is 1. The lowest BCUT2D eigenvalue weighted by molar-refractivity contribution is 0.671. The monoisotopic (exact) mass is 240 g/mol. The van der Waals surface area contributed by atoms with Crippen LogP contribution in [0.2, 0.25) is 0 Å². The van der Waals surface area contributed by atoms with Crippen LogP contribution in [0.3, 0.4) is 0 Å². The van der Waals surface area contributed by atoms with Gasteiger partial charge in [-0.25, -0.2) is 4.98 Å². The molecule has 6 heteroatoms. The standard InChI is InChI=1S/C9H12N4S2/c1-7-4-11-9(15-7)2-3-10-5-8-6-14-13-12-8/h4,6,10H,2-3,5H2,1H3. The molecule has 0 amide bonds. The van der Waals surface area contributed by atoms with Crippen molar-refractivity contribution in [2.45, 2.75) is 19.9 Å². The van der Waals surface area contributed by atoms with Crippen LogP contribution in [0.15, 0.2) is 11.6 Å². The molecule has 0 spiro atoms. The molecule has 0 aliphatic heterocycles. The van der Waals surface area contributed by atoms with Crippen LogP contribution >= 0.6 is 22.9 Å². The Balaban J connectivity index is 1.67. The molecule has 4 nitrogen and oxygen atoms in total. The van der Waals surface area contributed by atoms with Crippen molar-refractivity contribution in [3.8, 4) is 0 Å². The van der Waals surface area contributed by atoms with E-state index in [4.69, 9.17) is 0 Å². The summed E-state index contributed by atoms with van der Waals surface area (Å²) < 4.78 is 3.80. The summed E-state index contributed by atoms with van der Waals surface area (Å²) in [5.41, 5.74) is 1.01. The molecule has 2 heterocycles. The summed E-state index contributed by atoms with van der Waals surface area (Å²) in [4.78, 5) is 5.57. The van der Waals surface area contributed by atoms with Gasteiger partial charge in [0.15, 0.2) is 0 Å². The fourth-order valence-corrected chi connectivity index (χ4v) is 2.43. The van der Waals surface area contributed by atoms with Crippen LogP contribution < -0.4 is 5.32 Å². The predicted octanol–water partition coefficient (Wildman–Crippen LogP) is 1.64. The summed E-state index contributed by atoms with van der Waals surface area (Å²) in [6.45, 7) is 3.81. The van der Waals surface area contributed by atoms with Gasteiger partial charge in [0.25, 0.3) is 0 Å². The fourth-order valence-electron chi connectivity index (χ4n) is 1.19. The van der Waals surface area contributed by atoms with Crippen LogP contribution in [-0.4, -0.2) is 21.1 Å². The highest BCUT2D eigenvalue weighted by Crippen LogP contribution is 2.10. The number of rotatable bonds is 5. The van der Waals surface area contributed by atoms with Gasteiger partial charge in [-0.05, 0) is 18.5 Å². The van der Waals surface area contributed by atoms with Crippen molar-refractivity contribution in [1.82, 2.24) is 19.9 Å². The first-order chi connectivity index (χ1) is 7.34. The maximum atomic E-state index is 4.30. The number of aromatic nitrogens is 3. The number of thiazole rings is 1. The third kappa shape index (κ3) is 3.33. The minimum Gasteiger partial charge on any atom is -0.311 e. The fraction of sp³-hybridized carbons (Fsp3) is 0.444. The molecule has 0 aromatic carbocycles. The maximum absolute atomic E-state index is 4.30. The number of hydrogen-bond acceptors (Lipinski definition) is 6. The summed E-state index contributed by atoms with van der Waals surface area (Å²) in [6.07, 6.45) is 2.90. The van der Waals surface area contributed by atoms with E-state index >= 15 is 0 Å². The van der Waals surface area contributed by atoms with E-state index in [2.05, 4.69) is 26.8 Å². The largest absolute Gasteiger partial charge is 0.311 e. The average molecular weight is 240 g/mol. The van der Waals surface area contributed by atoms with E-state index in [-0.39, 0.29) is 0 Å². The Morgan fingerprint density at radius 1 is 1.47 bits per heavy atom. The van der Waals surface area contributed by atoms with Gasteiger partial charge in [-0.15, -0.1) is 16.4 Å². The minimum absolute atomic E-state index is 0.793. The van der Waals surface area contributed by atoms with E-state index < -0.39 is 0 Å². The zero-order valence-corrected chi connectivity index (χ0v) is 10.1. The number of nitrogens with zero attached hydrogens (tertiary/aromatic N) is 3. The lowest BCUT2D eigenvalue weighted by atomic mass is 10.4. The smallest absolute Gasteiger partial charge is 0.0940 e. The van der Waals surface area contributed by atoms with E-state index in [1.165, 1.54) is 21.4 Å². The summed E-state index contributed by atoms with van der Waals surface area (Å²) in [5.74, 6) is 0. The molecular formula is C9H12N4S2. The Morgan fingerprint density at radius 2 is 2.40 bits per heavy atom. The van der Waals surface area contributed by atoms with E-state index in [1.54, 1.807) is 11.3 Å². The summed E-state index contributed by atoms with van der Waals surface area (Å²) in [6, 6.07) is 0. The number of nitrogens with one attached hydrogen (secondary N) is 1. The highest BCUT2D eigenvalue weighted by Gasteiger charge is 1.99. The molecule has 0 unspecified atom stereocenters. The van der Waals surface area contributed by atoms with Gasteiger partial charge < -0.3 is 5.32 Å². The number of hydrogen-bond donors (Lipinski definition) is 1. The second kappa shape index (κ2) is 5.29. The summed E-state index contributed by atoms with van der Waals surface area (Å²) in [5, 5.41) is 10.4. The van der Waals surface area contributed by atoms with Crippen molar-refractivity contribution in [2.75, 3.05) is 6.54 Å². The lowest BCUT2D eigenvalue weighted by Crippen LogP contribution is -2.16. The van der Waals surface area contributed by atoms with Gasteiger partial charge in [0, 0.05) is 36.0 Å². The zero-order valence-electron chi connectivity index (χ0n) is 8.43. The summed E-state index contributed by atoms with van der Waals surface area (Å²) in [7, 11) is 0. The van der Waals surface area contributed by atoms with E-state index in [0.29, 0.717) is 0 Å². The predicted molar refractivity (Wildman–Crippen MR) is 62.2 cm³/mol. The topological polar surface area (TPSA) is 50.7 Å². The van der Waals surface area contributed by atoms with E-state index in [1.807, 2.05) is 11.6 Å². The van der Waals surface area contributed by atoms with Crippen LogP contribution in [0.1, 0.15) is 15.6 Å². The van der Waals surface area contributed by atoms with Gasteiger partial charge in [0.1, 0.15) is 0 Å². The second-order valence-corrected chi connectivity index (χ2v) is 5.12. The summed E-state index contributed by atoms with van der Waals surface area (Å²) >= 11 is 3.14. The molecule has 15 heavy (non-hydrogen) atoms. The van der Waals surface area contributed by atoms with Crippen molar-refractivity contribution in [2.24, 2.45) is 0 Å². The lowest BCUT2D eigenvalue weighted by Gasteiger charge is -1.99. The molecule has 0 radical (unpaired) electrons. The molecule has 0 bridgehead atoms. The van der Waals surface area contributed by atoms with Crippen molar-refractivity contribution in [3.05, 3.63) is 27.2 Å². The molecule has 0 saturated heterocycles. The van der Waals surface area contributed by atoms with Crippen molar-refractivity contribution in [1.29, 1.82) is 0 Å². The Morgan fingerprint density at radius 3 is 3.07 bits per heavy atom. The first-order valence-electron chi connectivity index (χ1n) is 4.72. The highest BCUT2D eigenvalue weighted by molar-refractivity contribution is 7.11. The van der Waals surface area contributed by atoms with Crippen molar-refractivity contribution < 1.29 is 0 Å². The van der Waals surface area contributed by atoms with Gasteiger partial charge in [-0.1, -0.05) is 4.49 Å². The van der Waals surface area contributed by atoms with Gasteiger partial charge in [-0.3, -0.25) is 0 Å². The molecule has 2 aromatic heterocycles. The Hall–Kier alpha value is -0.850. The third-order valence-electron chi connectivity index (χ3n) is 1.90. The average Bonchev–Trinajstić information content (AvgIpc) is 2.84. The molecule has 0 aliphatic carbocycles. The Kier molecular flexibility index (Phi) is 3.76. The Bertz CT molecular complexity index is 396. The molecule has 80 valence electrons. The van der Waals surface area contributed by atoms with Gasteiger partial charge in [-0.2, -0.15) is 0 Å². The first-order valence-corrected chi connectivity index (χ1v) is 6.38. The van der Waals surface area contributed by atoms with E-state index in [9.17, 15) is 0 Å². The van der Waals surface area contributed by atoms with Gasteiger partial charge in [0.2, 0.25) is 0 Å². The van der Waals surface area contributed by atoms with E-state index in [0.717, 1.165) is 25.2 Å². The van der Waals surface area contributed by atoms with Crippen LogP contribution in [0.5, 0.6) is 0 Å². The van der Waals surface area contributed by atoms with Crippen LogP contribution in [0, 0.1) is 6.92 Å². The second-order valence-electron chi connectivity index (χ2n) is 3.19. The highest BCUT2D eigenvalue weighted by atomic mass is 32.1. The molecule has 0 fully saturated rings. The van der Waals surface area contributed by atoms with Crippen LogP contribution in [0.4, 0.5) is 0 Å². The molecule has 0 saturated carbocycles. The molecule has 2 rings (SSSR count). The normalized spacial score (nSPS) is 10.7. The van der Waals surface area contributed by atoms with Crippen LogP contribution in [-0.2, 0) is 13.0 Å². The van der Waals surface area contributed by atoms with Crippen molar-refractivity contribution in [3.63, 3.8) is 0 Å².